The second kappa shape index (κ2) is 3.62. The Bertz CT molecular complexity index is 442. The van der Waals surface area contributed by atoms with Crippen molar-refractivity contribution in [2.24, 2.45) is 0 Å². The molecule has 1 nitrogen and oxygen atoms in total. The Hall–Kier alpha value is -1.64. The first-order chi connectivity index (χ1) is 7.12. The summed E-state index contributed by atoms with van der Waals surface area (Å²) in [6, 6.07) is 1.84. The van der Waals surface area contributed by atoms with Gasteiger partial charge in [0.1, 0.15) is 11.6 Å². The van der Waals surface area contributed by atoms with Crippen LogP contribution in [-0.4, -0.2) is 0 Å². The van der Waals surface area contributed by atoms with E-state index in [1.807, 2.05) is 0 Å². The van der Waals surface area contributed by atoms with Gasteiger partial charge in [0, 0.05) is 11.6 Å². The summed E-state index contributed by atoms with van der Waals surface area (Å²) >= 11 is 0. The first-order valence-electron chi connectivity index (χ1n) is 4.69. The van der Waals surface area contributed by atoms with Crippen LogP contribution in [0.5, 0.6) is 0 Å². The van der Waals surface area contributed by atoms with Crippen molar-refractivity contribution in [3.05, 3.63) is 59.8 Å². The molecule has 0 spiro atoms. The minimum atomic E-state index is -1.35. The van der Waals surface area contributed by atoms with E-state index in [9.17, 15) is 8.78 Å². The predicted molar refractivity (Wildman–Crippen MR) is 50.5 cm³/mol. The summed E-state index contributed by atoms with van der Waals surface area (Å²) in [7, 11) is 0. The zero-order valence-electron chi connectivity index (χ0n) is 8.30. The van der Waals surface area contributed by atoms with Crippen LogP contribution in [0.15, 0.2) is 42.6 Å². The van der Waals surface area contributed by atoms with E-state index in [2.05, 4.69) is 5.32 Å². The highest BCUT2D eigenvalue weighted by Crippen LogP contribution is 2.20. The highest BCUT2D eigenvalue weighted by atomic mass is 19.1. The van der Waals surface area contributed by atoms with Crippen LogP contribution in [0.4, 0.5) is 8.78 Å². The first-order valence-corrected chi connectivity index (χ1v) is 4.19. The van der Waals surface area contributed by atoms with Gasteiger partial charge >= 0.3 is 0 Å². The summed E-state index contributed by atoms with van der Waals surface area (Å²) < 4.78 is 34.1. The smallest absolute Gasteiger partial charge is 0.131 e. The topological polar surface area (TPSA) is 12.0 Å². The van der Waals surface area contributed by atoms with Crippen molar-refractivity contribution in [3.8, 4) is 0 Å². The molecule has 1 aliphatic heterocycles. The Balaban J connectivity index is 2.45. The van der Waals surface area contributed by atoms with E-state index in [0.29, 0.717) is 0 Å². The van der Waals surface area contributed by atoms with Gasteiger partial charge in [-0.15, -0.1) is 0 Å². The molecule has 1 aromatic carbocycles. The quantitative estimate of drug-likeness (QED) is 0.724. The molecule has 0 radical (unpaired) electrons. The Morgan fingerprint density at radius 3 is 2.79 bits per heavy atom. The van der Waals surface area contributed by atoms with Crippen molar-refractivity contribution in [2.75, 3.05) is 0 Å². The van der Waals surface area contributed by atoms with E-state index >= 15 is 0 Å². The molecular formula is C11H9F2N. The molecule has 1 N–H and O–H groups in total. The molecule has 0 amide bonds. The van der Waals surface area contributed by atoms with Gasteiger partial charge in [-0.2, -0.15) is 0 Å². The second-order valence-electron chi connectivity index (χ2n) is 2.90. The highest BCUT2D eigenvalue weighted by Gasteiger charge is 2.12. The summed E-state index contributed by atoms with van der Waals surface area (Å²) in [5.74, 6) is -1.37. The zero-order chi connectivity index (χ0) is 10.9. The fraction of sp³-hybridized carbons (Fsp3) is 0.0909. The minimum absolute atomic E-state index is 0.101. The normalized spacial score (nSPS) is 25.7. The number of halogens is 2. The second-order valence-corrected chi connectivity index (χ2v) is 2.90. The highest BCUT2D eigenvalue weighted by molar-refractivity contribution is 5.28. The van der Waals surface area contributed by atoms with Crippen molar-refractivity contribution < 1.29 is 10.2 Å². The third-order valence-electron chi connectivity index (χ3n) is 1.93. The number of rotatable bonds is 1. The summed E-state index contributed by atoms with van der Waals surface area (Å²) in [5.41, 5.74) is 0.101. The Kier molecular flexibility index (Phi) is 2.00. The standard InChI is InChI=1S/C11H9F2N/c12-8-4-5-9(10(13)7-8)11-3-1-2-6-14-11/h1-7,11,14H/i11D. The van der Waals surface area contributed by atoms with E-state index in [4.69, 9.17) is 1.37 Å². The van der Waals surface area contributed by atoms with Crippen molar-refractivity contribution in [1.82, 2.24) is 5.32 Å². The summed E-state index contributed by atoms with van der Waals surface area (Å²) in [4.78, 5) is 0. The SMILES string of the molecule is [2H]C1(c2ccc(F)cc2F)C=CC=CN1. The molecule has 1 aromatic rings. The molecule has 2 rings (SSSR count). The van der Waals surface area contributed by atoms with Gasteiger partial charge in [-0.05, 0) is 18.3 Å². The molecule has 1 heterocycles. The number of nitrogens with one attached hydrogen (secondary N) is 1. The van der Waals surface area contributed by atoms with Crippen LogP contribution < -0.4 is 5.32 Å². The molecular weight excluding hydrogens is 184 g/mol. The van der Waals surface area contributed by atoms with E-state index in [1.54, 1.807) is 18.4 Å². The van der Waals surface area contributed by atoms with Gasteiger partial charge in [0.15, 0.2) is 0 Å². The maximum atomic E-state index is 13.4. The molecule has 0 saturated carbocycles. The van der Waals surface area contributed by atoms with Gasteiger partial charge in [-0.1, -0.05) is 18.2 Å². The number of allylic oxidation sites excluding steroid dienone is 2. The van der Waals surface area contributed by atoms with Gasteiger partial charge in [-0.25, -0.2) is 8.78 Å². The third kappa shape index (κ3) is 1.66. The van der Waals surface area contributed by atoms with Gasteiger partial charge in [0.25, 0.3) is 0 Å². The fourth-order valence-electron chi connectivity index (χ4n) is 1.27. The molecule has 0 saturated heterocycles. The molecule has 0 bridgehead atoms. The van der Waals surface area contributed by atoms with Crippen LogP contribution in [0.25, 0.3) is 0 Å². The van der Waals surface area contributed by atoms with E-state index < -0.39 is 17.7 Å². The summed E-state index contributed by atoms with van der Waals surface area (Å²) in [5, 5.41) is 2.71. The third-order valence-corrected chi connectivity index (χ3v) is 1.93. The van der Waals surface area contributed by atoms with Crippen LogP contribution >= 0.6 is 0 Å². The summed E-state index contributed by atoms with van der Waals surface area (Å²) in [6.07, 6.45) is 6.40. The van der Waals surface area contributed by atoms with Crippen molar-refractivity contribution in [3.63, 3.8) is 0 Å². The Labute approximate surface area is 82.2 Å². The number of hydrogen-bond acceptors (Lipinski definition) is 1. The van der Waals surface area contributed by atoms with Crippen LogP contribution in [0, 0.1) is 11.6 Å². The predicted octanol–water partition coefficient (Wildman–Crippen LogP) is 2.68. The maximum Gasteiger partial charge on any atom is 0.131 e. The van der Waals surface area contributed by atoms with E-state index in [-0.39, 0.29) is 5.56 Å². The van der Waals surface area contributed by atoms with Gasteiger partial charge in [0.2, 0.25) is 0 Å². The van der Waals surface area contributed by atoms with Crippen molar-refractivity contribution in [2.45, 2.75) is 6.02 Å². The zero-order valence-corrected chi connectivity index (χ0v) is 7.30. The first kappa shape index (κ1) is 7.74. The molecule has 1 aliphatic rings. The van der Waals surface area contributed by atoms with Gasteiger partial charge < -0.3 is 5.32 Å². The average Bonchev–Trinajstić information content (AvgIpc) is 2.18. The lowest BCUT2D eigenvalue weighted by atomic mass is 10.0. The number of benzene rings is 1. The fourth-order valence-corrected chi connectivity index (χ4v) is 1.27. The van der Waals surface area contributed by atoms with Crippen molar-refractivity contribution in [1.29, 1.82) is 0 Å². The van der Waals surface area contributed by atoms with Crippen molar-refractivity contribution >= 4 is 0 Å². The lowest BCUT2D eigenvalue weighted by Crippen LogP contribution is -2.16. The van der Waals surface area contributed by atoms with Gasteiger partial charge in [-0.3, -0.25) is 0 Å². The maximum absolute atomic E-state index is 13.4. The molecule has 1 atom stereocenters. The number of hydrogen-bond donors (Lipinski definition) is 1. The Morgan fingerprint density at radius 1 is 1.29 bits per heavy atom. The largest absolute Gasteiger partial charge is 0.380 e. The molecule has 0 aromatic heterocycles. The lowest BCUT2D eigenvalue weighted by Gasteiger charge is -2.16. The van der Waals surface area contributed by atoms with E-state index in [1.165, 1.54) is 12.1 Å². The molecule has 14 heavy (non-hydrogen) atoms. The Morgan fingerprint density at radius 2 is 2.14 bits per heavy atom. The average molecular weight is 194 g/mol. The van der Waals surface area contributed by atoms with Crippen LogP contribution in [-0.2, 0) is 0 Å². The lowest BCUT2D eigenvalue weighted by molar-refractivity contribution is 0.558. The molecule has 72 valence electrons. The van der Waals surface area contributed by atoms with Crippen LogP contribution in [0.2, 0.25) is 0 Å². The molecule has 0 fully saturated rings. The van der Waals surface area contributed by atoms with Crippen LogP contribution in [0.3, 0.4) is 0 Å². The molecule has 3 heteroatoms. The monoisotopic (exact) mass is 194 g/mol. The number of dihydropyridines is 1. The minimum Gasteiger partial charge on any atom is -0.380 e. The summed E-state index contributed by atoms with van der Waals surface area (Å²) in [6.45, 7) is 0. The van der Waals surface area contributed by atoms with E-state index in [0.717, 1.165) is 12.1 Å². The van der Waals surface area contributed by atoms with Crippen LogP contribution in [0.1, 0.15) is 13.0 Å². The molecule has 1 unspecified atom stereocenters. The van der Waals surface area contributed by atoms with Gasteiger partial charge in [0.05, 0.1) is 7.39 Å². The molecule has 0 aliphatic carbocycles.